The van der Waals surface area contributed by atoms with Gasteiger partial charge in [0.05, 0.1) is 11.3 Å². The number of benzene rings is 2. The predicted octanol–water partition coefficient (Wildman–Crippen LogP) is 2.66. The Labute approximate surface area is 164 Å². The fourth-order valence-electron chi connectivity index (χ4n) is 3.27. The predicted molar refractivity (Wildman–Crippen MR) is 109 cm³/mol. The highest BCUT2D eigenvalue weighted by atomic mass is 32.2. The Kier molecular flexibility index (Phi) is 6.90. The Morgan fingerprint density at radius 3 is 2.41 bits per heavy atom. The van der Waals surface area contributed by atoms with Crippen LogP contribution in [-0.4, -0.2) is 41.6 Å². The largest absolute Gasteiger partial charge is 0.369 e. The molecule has 2 aromatic rings. The van der Waals surface area contributed by atoms with E-state index in [0.717, 1.165) is 37.4 Å². The highest BCUT2D eigenvalue weighted by molar-refractivity contribution is 8.00. The fraction of sp³-hybridized carbons (Fsp3) is 0.333. The van der Waals surface area contributed by atoms with E-state index >= 15 is 0 Å². The van der Waals surface area contributed by atoms with E-state index < -0.39 is 0 Å². The van der Waals surface area contributed by atoms with Crippen LogP contribution in [0.4, 0.5) is 0 Å². The van der Waals surface area contributed by atoms with Crippen molar-refractivity contribution in [2.45, 2.75) is 30.3 Å². The van der Waals surface area contributed by atoms with Gasteiger partial charge in [0.15, 0.2) is 0 Å². The van der Waals surface area contributed by atoms with E-state index in [2.05, 4.69) is 34.5 Å². The molecule has 2 amide bonds. The van der Waals surface area contributed by atoms with Gasteiger partial charge in [-0.15, -0.1) is 11.8 Å². The zero-order valence-corrected chi connectivity index (χ0v) is 16.1. The monoisotopic (exact) mass is 383 g/mol. The van der Waals surface area contributed by atoms with Crippen molar-refractivity contribution >= 4 is 23.6 Å². The number of piperidine rings is 1. The first kappa shape index (κ1) is 19.5. The third-order valence-electron chi connectivity index (χ3n) is 4.67. The van der Waals surface area contributed by atoms with Crippen molar-refractivity contribution in [3.8, 4) is 0 Å². The molecule has 1 heterocycles. The van der Waals surface area contributed by atoms with Gasteiger partial charge in [0.2, 0.25) is 5.91 Å². The minimum atomic E-state index is -0.388. The number of hydrogen-bond acceptors (Lipinski definition) is 4. The molecule has 1 saturated heterocycles. The molecule has 0 unspecified atom stereocenters. The smallest absolute Gasteiger partial charge is 0.252 e. The summed E-state index contributed by atoms with van der Waals surface area (Å²) in [5, 5.41) is 3.15. The molecule has 3 N–H and O–H groups in total. The lowest BCUT2D eigenvalue weighted by atomic mass is 10.0. The third-order valence-corrected chi connectivity index (χ3v) is 5.77. The number of nitrogens with one attached hydrogen (secondary N) is 1. The summed E-state index contributed by atoms with van der Waals surface area (Å²) in [5.41, 5.74) is 7.15. The van der Waals surface area contributed by atoms with Crippen molar-refractivity contribution in [2.75, 3.05) is 18.8 Å². The van der Waals surface area contributed by atoms with E-state index in [1.807, 2.05) is 24.3 Å². The number of thioether (sulfide) groups is 1. The van der Waals surface area contributed by atoms with Crippen LogP contribution in [0.5, 0.6) is 0 Å². The molecule has 0 spiro atoms. The number of carbonyl (C=O) groups excluding carboxylic acids is 2. The van der Waals surface area contributed by atoms with Crippen LogP contribution in [0.25, 0.3) is 0 Å². The van der Waals surface area contributed by atoms with E-state index in [-0.39, 0.29) is 23.6 Å². The van der Waals surface area contributed by atoms with Crippen LogP contribution in [0.15, 0.2) is 59.5 Å². The minimum Gasteiger partial charge on any atom is -0.369 e. The summed E-state index contributed by atoms with van der Waals surface area (Å²) in [6, 6.07) is 18.0. The first-order valence-corrected chi connectivity index (χ1v) is 10.2. The average Bonchev–Trinajstić information content (AvgIpc) is 2.69. The van der Waals surface area contributed by atoms with Crippen LogP contribution >= 0.6 is 11.8 Å². The van der Waals surface area contributed by atoms with E-state index in [9.17, 15) is 9.59 Å². The molecule has 0 aromatic heterocycles. The van der Waals surface area contributed by atoms with Crippen molar-refractivity contribution in [2.24, 2.45) is 5.73 Å². The molecule has 1 aliphatic heterocycles. The van der Waals surface area contributed by atoms with Gasteiger partial charge in [-0.1, -0.05) is 42.5 Å². The third kappa shape index (κ3) is 5.84. The summed E-state index contributed by atoms with van der Waals surface area (Å²) in [6.45, 7) is 2.89. The van der Waals surface area contributed by atoms with E-state index in [1.165, 1.54) is 17.3 Å². The zero-order valence-electron chi connectivity index (χ0n) is 15.3. The highest BCUT2D eigenvalue weighted by Crippen LogP contribution is 2.23. The molecule has 0 atom stereocenters. The zero-order chi connectivity index (χ0) is 19.1. The molecule has 0 saturated carbocycles. The van der Waals surface area contributed by atoms with E-state index in [4.69, 9.17) is 5.73 Å². The van der Waals surface area contributed by atoms with Gasteiger partial charge >= 0.3 is 0 Å². The van der Waals surface area contributed by atoms with Gasteiger partial charge in [0, 0.05) is 30.6 Å². The molecule has 3 rings (SSSR count). The Morgan fingerprint density at radius 1 is 1.04 bits per heavy atom. The van der Waals surface area contributed by atoms with Crippen molar-refractivity contribution in [1.82, 2.24) is 10.2 Å². The summed E-state index contributed by atoms with van der Waals surface area (Å²) >= 11 is 1.30. The molecule has 1 fully saturated rings. The SMILES string of the molecule is NC(=O)CSc1ccccc1C(=O)NC1CCN(Cc2ccccc2)CC1. The lowest BCUT2D eigenvalue weighted by Gasteiger charge is -2.32. The second-order valence-electron chi connectivity index (χ2n) is 6.76. The first-order valence-electron chi connectivity index (χ1n) is 9.19. The quantitative estimate of drug-likeness (QED) is 0.721. The Hall–Kier alpha value is -2.31. The maximum absolute atomic E-state index is 12.7. The molecular weight excluding hydrogens is 358 g/mol. The van der Waals surface area contributed by atoms with Gasteiger partial charge in [-0.25, -0.2) is 0 Å². The van der Waals surface area contributed by atoms with Crippen LogP contribution in [0.2, 0.25) is 0 Å². The molecule has 27 heavy (non-hydrogen) atoms. The summed E-state index contributed by atoms with van der Waals surface area (Å²) in [7, 11) is 0. The summed E-state index contributed by atoms with van der Waals surface area (Å²) in [5.74, 6) is -0.299. The molecule has 0 aliphatic carbocycles. The molecular formula is C21H25N3O2S. The molecule has 0 radical (unpaired) electrons. The molecule has 6 heteroatoms. The van der Waals surface area contributed by atoms with Crippen molar-refractivity contribution < 1.29 is 9.59 Å². The number of carbonyl (C=O) groups is 2. The van der Waals surface area contributed by atoms with Crippen LogP contribution in [0, 0.1) is 0 Å². The van der Waals surface area contributed by atoms with E-state index in [1.54, 1.807) is 6.07 Å². The molecule has 142 valence electrons. The summed E-state index contributed by atoms with van der Waals surface area (Å²) in [6.07, 6.45) is 1.88. The summed E-state index contributed by atoms with van der Waals surface area (Å²) < 4.78 is 0. The Morgan fingerprint density at radius 2 is 1.70 bits per heavy atom. The van der Waals surface area contributed by atoms with Crippen LogP contribution in [0.3, 0.4) is 0 Å². The number of likely N-dealkylation sites (tertiary alicyclic amines) is 1. The maximum Gasteiger partial charge on any atom is 0.252 e. The molecule has 1 aliphatic rings. The average molecular weight is 384 g/mol. The Bertz CT molecular complexity index is 774. The standard InChI is InChI=1S/C21H25N3O2S/c22-20(25)15-27-19-9-5-4-8-18(19)21(26)23-17-10-12-24(13-11-17)14-16-6-2-1-3-7-16/h1-9,17H,10-15H2,(H2,22,25)(H,23,26). The summed E-state index contributed by atoms with van der Waals surface area (Å²) in [4.78, 5) is 26.9. The van der Waals surface area contributed by atoms with Crippen LogP contribution in [-0.2, 0) is 11.3 Å². The topological polar surface area (TPSA) is 75.4 Å². The fourth-order valence-corrected chi connectivity index (χ4v) is 4.06. The molecule has 5 nitrogen and oxygen atoms in total. The van der Waals surface area contributed by atoms with Crippen molar-refractivity contribution in [3.63, 3.8) is 0 Å². The number of rotatable bonds is 7. The van der Waals surface area contributed by atoms with Crippen LogP contribution in [0.1, 0.15) is 28.8 Å². The number of nitrogens with two attached hydrogens (primary N) is 1. The number of nitrogens with zero attached hydrogens (tertiary/aromatic N) is 1. The minimum absolute atomic E-state index is 0.0796. The van der Waals surface area contributed by atoms with Gasteiger partial charge in [-0.3, -0.25) is 14.5 Å². The first-order chi connectivity index (χ1) is 13.1. The van der Waals surface area contributed by atoms with Crippen molar-refractivity contribution in [3.05, 3.63) is 65.7 Å². The lowest BCUT2D eigenvalue weighted by molar-refractivity contribution is -0.115. The second-order valence-corrected chi connectivity index (χ2v) is 7.78. The van der Waals surface area contributed by atoms with Gasteiger partial charge < -0.3 is 11.1 Å². The van der Waals surface area contributed by atoms with Gasteiger partial charge in [0.25, 0.3) is 5.91 Å². The van der Waals surface area contributed by atoms with E-state index in [0.29, 0.717) is 5.56 Å². The highest BCUT2D eigenvalue weighted by Gasteiger charge is 2.22. The van der Waals surface area contributed by atoms with Gasteiger partial charge in [-0.05, 0) is 30.5 Å². The van der Waals surface area contributed by atoms with Gasteiger partial charge in [0.1, 0.15) is 0 Å². The van der Waals surface area contributed by atoms with Crippen LogP contribution < -0.4 is 11.1 Å². The number of hydrogen-bond donors (Lipinski definition) is 2. The number of primary amides is 1. The maximum atomic E-state index is 12.7. The second kappa shape index (κ2) is 9.58. The van der Waals surface area contributed by atoms with Crippen molar-refractivity contribution in [1.29, 1.82) is 0 Å². The molecule has 2 aromatic carbocycles. The number of amides is 2. The molecule has 0 bridgehead atoms. The normalized spacial score (nSPS) is 15.4. The lowest BCUT2D eigenvalue weighted by Crippen LogP contribution is -2.44. The van der Waals surface area contributed by atoms with Gasteiger partial charge in [-0.2, -0.15) is 0 Å². The Balaban J connectivity index is 1.52.